The molecule has 3 N–H and O–H groups in total. The molecule has 21 heavy (non-hydrogen) atoms. The third kappa shape index (κ3) is 3.61. The second-order valence-electron chi connectivity index (χ2n) is 4.72. The highest BCUT2D eigenvalue weighted by Crippen LogP contribution is 2.36. The lowest BCUT2D eigenvalue weighted by Gasteiger charge is -2.24. The number of nitrogens with two attached hydrogens (primary N) is 1. The summed E-state index contributed by atoms with van der Waals surface area (Å²) in [6, 6.07) is 11.4. The van der Waals surface area contributed by atoms with Crippen LogP contribution in [0, 0.1) is 5.82 Å². The molecule has 2 aromatic carbocycles. The minimum atomic E-state index is -0.830. The molecule has 112 valence electrons. The maximum absolute atomic E-state index is 13.0. The lowest BCUT2D eigenvalue weighted by Crippen LogP contribution is -2.20. The minimum absolute atomic E-state index is 0.242. The van der Waals surface area contributed by atoms with Crippen LogP contribution in [0.2, 0.25) is 0 Å². The molecule has 0 aliphatic heterocycles. The number of aliphatic hydroxyl groups excluding tert-OH is 1. The number of ether oxygens (including phenoxy) is 1. The largest absolute Gasteiger partial charge is 0.496 e. The summed E-state index contributed by atoms with van der Waals surface area (Å²) in [4.78, 5) is 0. The van der Waals surface area contributed by atoms with Gasteiger partial charge in [0.15, 0.2) is 0 Å². The first-order chi connectivity index (χ1) is 10.1. The van der Waals surface area contributed by atoms with E-state index in [0.29, 0.717) is 11.3 Å². The number of rotatable bonds is 5. The Bertz CT molecular complexity index is 604. The van der Waals surface area contributed by atoms with Crippen LogP contribution in [-0.4, -0.2) is 18.8 Å². The third-order valence-corrected chi connectivity index (χ3v) is 3.94. The fraction of sp³-hybridized carbons (Fsp3) is 0.250. The number of methoxy groups -OCH3 is 1. The Morgan fingerprint density at radius 2 is 1.90 bits per heavy atom. The van der Waals surface area contributed by atoms with Gasteiger partial charge in [0.25, 0.3) is 0 Å². The van der Waals surface area contributed by atoms with Crippen molar-refractivity contribution < 1.29 is 14.2 Å². The van der Waals surface area contributed by atoms with Crippen molar-refractivity contribution >= 4 is 15.9 Å². The van der Waals surface area contributed by atoms with E-state index in [1.54, 1.807) is 31.4 Å². The molecule has 0 saturated carbocycles. The highest BCUT2D eigenvalue weighted by atomic mass is 79.9. The second-order valence-corrected chi connectivity index (χ2v) is 5.64. The van der Waals surface area contributed by atoms with Crippen LogP contribution in [-0.2, 0) is 0 Å². The van der Waals surface area contributed by atoms with E-state index < -0.39 is 6.10 Å². The van der Waals surface area contributed by atoms with Crippen LogP contribution < -0.4 is 10.5 Å². The van der Waals surface area contributed by atoms with Crippen LogP contribution in [0.15, 0.2) is 46.9 Å². The molecule has 3 nitrogen and oxygen atoms in total. The maximum Gasteiger partial charge on any atom is 0.125 e. The quantitative estimate of drug-likeness (QED) is 0.866. The van der Waals surface area contributed by atoms with Gasteiger partial charge in [-0.1, -0.05) is 34.1 Å². The van der Waals surface area contributed by atoms with Crippen molar-refractivity contribution in [3.05, 3.63) is 63.9 Å². The zero-order chi connectivity index (χ0) is 15.4. The third-order valence-electron chi connectivity index (χ3n) is 3.45. The lowest BCUT2D eigenvalue weighted by molar-refractivity contribution is 0.143. The van der Waals surface area contributed by atoms with E-state index in [-0.39, 0.29) is 18.3 Å². The Morgan fingerprint density at radius 1 is 1.24 bits per heavy atom. The predicted octanol–water partition coefficient (Wildman–Crippen LogP) is 3.37. The van der Waals surface area contributed by atoms with Crippen molar-refractivity contribution in [2.45, 2.75) is 12.0 Å². The van der Waals surface area contributed by atoms with Gasteiger partial charge in [-0.15, -0.1) is 0 Å². The van der Waals surface area contributed by atoms with Crippen molar-refractivity contribution in [3.8, 4) is 5.75 Å². The van der Waals surface area contributed by atoms with Crippen molar-refractivity contribution in [3.63, 3.8) is 0 Å². The molecule has 0 radical (unpaired) electrons. The molecule has 0 aromatic heterocycles. The Morgan fingerprint density at radius 3 is 2.48 bits per heavy atom. The monoisotopic (exact) mass is 353 g/mol. The van der Waals surface area contributed by atoms with Gasteiger partial charge in [-0.3, -0.25) is 0 Å². The van der Waals surface area contributed by atoms with Gasteiger partial charge < -0.3 is 15.6 Å². The first-order valence-corrected chi connectivity index (χ1v) is 7.33. The minimum Gasteiger partial charge on any atom is -0.496 e. The van der Waals surface area contributed by atoms with Crippen LogP contribution in [0.4, 0.5) is 4.39 Å². The molecular weight excluding hydrogens is 337 g/mol. The number of halogens is 2. The molecule has 2 atom stereocenters. The summed E-state index contributed by atoms with van der Waals surface area (Å²) < 4.78 is 19.2. The van der Waals surface area contributed by atoms with Gasteiger partial charge in [0, 0.05) is 22.5 Å². The van der Waals surface area contributed by atoms with Crippen LogP contribution in [0.5, 0.6) is 5.75 Å². The van der Waals surface area contributed by atoms with Crippen LogP contribution in [0.1, 0.15) is 23.1 Å². The normalized spacial score (nSPS) is 13.8. The standard InChI is InChI=1S/C16H17BrFNO2/c1-21-15-8-11(17)4-7-13(15)16(20)14(9-19)10-2-5-12(18)6-3-10/h2-8,14,16,20H,9,19H2,1H3. The maximum atomic E-state index is 13.0. The Kier molecular flexibility index (Phi) is 5.33. The van der Waals surface area contributed by atoms with Crippen LogP contribution in [0.3, 0.4) is 0 Å². The van der Waals surface area contributed by atoms with Gasteiger partial charge in [0.05, 0.1) is 13.2 Å². The van der Waals surface area contributed by atoms with E-state index in [1.165, 1.54) is 12.1 Å². The molecule has 2 unspecified atom stereocenters. The molecule has 0 spiro atoms. The van der Waals surface area contributed by atoms with Gasteiger partial charge in [-0.25, -0.2) is 4.39 Å². The fourth-order valence-corrected chi connectivity index (χ4v) is 2.64. The zero-order valence-corrected chi connectivity index (χ0v) is 13.2. The number of aliphatic hydroxyl groups is 1. The van der Waals surface area contributed by atoms with E-state index in [0.717, 1.165) is 10.0 Å². The first-order valence-electron chi connectivity index (χ1n) is 6.54. The van der Waals surface area contributed by atoms with E-state index >= 15 is 0 Å². The molecule has 2 aromatic rings. The summed E-state index contributed by atoms with van der Waals surface area (Å²) in [5, 5.41) is 10.6. The van der Waals surface area contributed by atoms with Crippen LogP contribution in [0.25, 0.3) is 0 Å². The number of benzene rings is 2. The first kappa shape index (κ1) is 15.9. The van der Waals surface area contributed by atoms with Crippen molar-refractivity contribution in [2.75, 3.05) is 13.7 Å². The molecule has 0 aliphatic rings. The second kappa shape index (κ2) is 7.02. The molecule has 0 bridgehead atoms. The highest BCUT2D eigenvalue weighted by molar-refractivity contribution is 9.10. The topological polar surface area (TPSA) is 55.5 Å². The number of hydrogen-bond donors (Lipinski definition) is 2. The smallest absolute Gasteiger partial charge is 0.125 e. The fourth-order valence-electron chi connectivity index (χ4n) is 2.30. The highest BCUT2D eigenvalue weighted by Gasteiger charge is 2.24. The number of hydrogen-bond acceptors (Lipinski definition) is 3. The van der Waals surface area contributed by atoms with Crippen LogP contribution >= 0.6 is 15.9 Å². The summed E-state index contributed by atoms with van der Waals surface area (Å²) in [7, 11) is 1.55. The van der Waals surface area contributed by atoms with E-state index in [9.17, 15) is 9.50 Å². The Labute approximate surface area is 131 Å². The van der Waals surface area contributed by atoms with Gasteiger partial charge in [0.1, 0.15) is 11.6 Å². The molecule has 0 heterocycles. The molecule has 2 rings (SSSR count). The average Bonchev–Trinajstić information content (AvgIpc) is 2.49. The van der Waals surface area contributed by atoms with Gasteiger partial charge in [-0.2, -0.15) is 0 Å². The zero-order valence-electron chi connectivity index (χ0n) is 11.6. The van der Waals surface area contributed by atoms with Crippen molar-refractivity contribution in [2.24, 2.45) is 5.73 Å². The van der Waals surface area contributed by atoms with Crippen molar-refractivity contribution in [1.82, 2.24) is 0 Å². The predicted molar refractivity (Wildman–Crippen MR) is 83.8 cm³/mol. The molecular formula is C16H17BrFNO2. The summed E-state index contributed by atoms with van der Waals surface area (Å²) in [6.07, 6.45) is -0.830. The van der Waals surface area contributed by atoms with E-state index in [1.807, 2.05) is 6.07 Å². The van der Waals surface area contributed by atoms with E-state index in [2.05, 4.69) is 15.9 Å². The van der Waals surface area contributed by atoms with Gasteiger partial charge in [0.2, 0.25) is 0 Å². The SMILES string of the molecule is COc1cc(Br)ccc1C(O)C(CN)c1ccc(F)cc1. The molecule has 0 amide bonds. The summed E-state index contributed by atoms with van der Waals surface area (Å²) in [5.74, 6) is -0.0663. The molecule has 0 aliphatic carbocycles. The summed E-state index contributed by atoms with van der Waals surface area (Å²) in [5.41, 5.74) is 7.24. The van der Waals surface area contributed by atoms with Crippen molar-refractivity contribution in [1.29, 1.82) is 0 Å². The molecule has 0 saturated heterocycles. The average molecular weight is 354 g/mol. The molecule has 5 heteroatoms. The Balaban J connectivity index is 2.36. The molecule has 0 fully saturated rings. The Hall–Kier alpha value is -1.43. The summed E-state index contributed by atoms with van der Waals surface area (Å²) in [6.45, 7) is 0.242. The van der Waals surface area contributed by atoms with Gasteiger partial charge >= 0.3 is 0 Å². The van der Waals surface area contributed by atoms with E-state index in [4.69, 9.17) is 10.5 Å². The lowest BCUT2D eigenvalue weighted by atomic mass is 9.89. The van der Waals surface area contributed by atoms with Gasteiger partial charge in [-0.05, 0) is 29.8 Å². The summed E-state index contributed by atoms with van der Waals surface area (Å²) >= 11 is 3.37.